The second-order valence-electron chi connectivity index (χ2n) is 3.47. The van der Waals surface area contributed by atoms with Gasteiger partial charge in [0, 0.05) is 10.7 Å². The highest BCUT2D eigenvalue weighted by molar-refractivity contribution is 6.30. The molecule has 17 heavy (non-hydrogen) atoms. The smallest absolute Gasteiger partial charge is 0.198 e. The van der Waals surface area contributed by atoms with E-state index in [0.717, 1.165) is 11.4 Å². The molecule has 86 valence electrons. The number of hydrogen-bond donors (Lipinski definition) is 2. The maximum atomic E-state index is 5.87. The van der Waals surface area contributed by atoms with E-state index in [1.807, 2.05) is 42.5 Å². The first-order valence-corrected chi connectivity index (χ1v) is 5.53. The van der Waals surface area contributed by atoms with Gasteiger partial charge in [-0.2, -0.15) is 0 Å². The van der Waals surface area contributed by atoms with Gasteiger partial charge in [-0.05, 0) is 30.3 Å². The normalized spacial score (nSPS) is 11.2. The molecular formula is C13H12ClN3. The van der Waals surface area contributed by atoms with Crippen LogP contribution in [-0.4, -0.2) is 5.96 Å². The number of benzene rings is 2. The van der Waals surface area contributed by atoms with Crippen LogP contribution in [0, 0.1) is 0 Å². The first-order chi connectivity index (χ1) is 8.24. The van der Waals surface area contributed by atoms with Gasteiger partial charge >= 0.3 is 0 Å². The molecule has 0 spiro atoms. The van der Waals surface area contributed by atoms with Gasteiger partial charge in [-0.1, -0.05) is 35.9 Å². The van der Waals surface area contributed by atoms with Gasteiger partial charge in [0.2, 0.25) is 0 Å². The molecule has 0 saturated heterocycles. The van der Waals surface area contributed by atoms with Crippen LogP contribution in [0.5, 0.6) is 0 Å². The molecule has 0 amide bonds. The van der Waals surface area contributed by atoms with Crippen LogP contribution in [-0.2, 0) is 0 Å². The Balaban J connectivity index is 2.12. The van der Waals surface area contributed by atoms with Gasteiger partial charge in [0.05, 0.1) is 5.69 Å². The molecule has 0 heterocycles. The molecule has 2 rings (SSSR count). The Morgan fingerprint density at radius 2 is 1.82 bits per heavy atom. The van der Waals surface area contributed by atoms with Crippen molar-refractivity contribution in [1.29, 1.82) is 0 Å². The molecule has 0 aromatic heterocycles. The summed E-state index contributed by atoms with van der Waals surface area (Å²) in [5.41, 5.74) is 7.40. The van der Waals surface area contributed by atoms with Crippen molar-refractivity contribution in [3.8, 4) is 0 Å². The maximum Gasteiger partial charge on any atom is 0.198 e. The molecule has 0 aliphatic heterocycles. The molecule has 0 unspecified atom stereocenters. The SMILES string of the molecule is NC(=Nc1ccccc1)Nc1cccc(Cl)c1. The second kappa shape index (κ2) is 5.37. The van der Waals surface area contributed by atoms with Crippen molar-refractivity contribution in [3.63, 3.8) is 0 Å². The number of hydrogen-bond acceptors (Lipinski definition) is 1. The summed E-state index contributed by atoms with van der Waals surface area (Å²) < 4.78 is 0. The van der Waals surface area contributed by atoms with Gasteiger partial charge in [0.15, 0.2) is 5.96 Å². The van der Waals surface area contributed by atoms with Gasteiger partial charge in [-0.25, -0.2) is 4.99 Å². The molecule has 2 aromatic carbocycles. The Hall–Kier alpha value is -2.00. The van der Waals surface area contributed by atoms with E-state index in [2.05, 4.69) is 10.3 Å². The number of anilines is 1. The van der Waals surface area contributed by atoms with Gasteiger partial charge in [0.25, 0.3) is 0 Å². The van der Waals surface area contributed by atoms with Crippen LogP contribution in [0.1, 0.15) is 0 Å². The molecule has 3 nitrogen and oxygen atoms in total. The van der Waals surface area contributed by atoms with Crippen LogP contribution >= 0.6 is 11.6 Å². The molecule has 0 radical (unpaired) electrons. The fourth-order valence-electron chi connectivity index (χ4n) is 1.38. The van der Waals surface area contributed by atoms with E-state index in [9.17, 15) is 0 Å². The van der Waals surface area contributed by atoms with Gasteiger partial charge in [-0.3, -0.25) is 0 Å². The molecular weight excluding hydrogens is 234 g/mol. The highest BCUT2D eigenvalue weighted by Crippen LogP contribution is 2.15. The lowest BCUT2D eigenvalue weighted by molar-refractivity contribution is 1.44. The topological polar surface area (TPSA) is 50.4 Å². The molecule has 4 heteroatoms. The van der Waals surface area contributed by atoms with E-state index in [4.69, 9.17) is 17.3 Å². The highest BCUT2D eigenvalue weighted by atomic mass is 35.5. The fraction of sp³-hybridized carbons (Fsp3) is 0. The van der Waals surface area contributed by atoms with E-state index in [1.165, 1.54) is 0 Å². The summed E-state index contributed by atoms with van der Waals surface area (Å²) in [7, 11) is 0. The summed E-state index contributed by atoms with van der Waals surface area (Å²) in [5.74, 6) is 0.332. The van der Waals surface area contributed by atoms with Gasteiger partial charge in [0.1, 0.15) is 0 Å². The number of nitrogens with two attached hydrogens (primary N) is 1. The molecule has 0 atom stereocenters. The zero-order chi connectivity index (χ0) is 12.1. The van der Waals surface area contributed by atoms with E-state index in [-0.39, 0.29) is 0 Å². The lowest BCUT2D eigenvalue weighted by Gasteiger charge is -2.05. The zero-order valence-electron chi connectivity index (χ0n) is 9.10. The minimum Gasteiger partial charge on any atom is -0.369 e. The van der Waals surface area contributed by atoms with Crippen molar-refractivity contribution >= 4 is 28.9 Å². The predicted molar refractivity (Wildman–Crippen MR) is 72.8 cm³/mol. The summed E-state index contributed by atoms with van der Waals surface area (Å²) in [4.78, 5) is 4.22. The maximum absolute atomic E-state index is 5.87. The summed E-state index contributed by atoms with van der Waals surface area (Å²) in [5, 5.41) is 3.63. The van der Waals surface area contributed by atoms with Crippen LogP contribution in [0.3, 0.4) is 0 Å². The highest BCUT2D eigenvalue weighted by Gasteiger charge is 1.96. The molecule has 0 aliphatic carbocycles. The zero-order valence-corrected chi connectivity index (χ0v) is 9.85. The van der Waals surface area contributed by atoms with Crippen LogP contribution in [0.25, 0.3) is 0 Å². The molecule has 2 aromatic rings. The van der Waals surface area contributed by atoms with E-state index < -0.39 is 0 Å². The minimum atomic E-state index is 0.332. The van der Waals surface area contributed by atoms with Crippen molar-refractivity contribution in [3.05, 3.63) is 59.6 Å². The average molecular weight is 246 g/mol. The average Bonchev–Trinajstić information content (AvgIpc) is 2.30. The van der Waals surface area contributed by atoms with Crippen LogP contribution in [0.4, 0.5) is 11.4 Å². The number of aliphatic imine (C=N–C) groups is 1. The molecule has 0 fully saturated rings. The Kier molecular flexibility index (Phi) is 3.62. The van der Waals surface area contributed by atoms with Crippen molar-refractivity contribution in [2.75, 3.05) is 5.32 Å². The Morgan fingerprint density at radius 3 is 2.53 bits per heavy atom. The number of guanidine groups is 1. The van der Waals surface area contributed by atoms with Crippen molar-refractivity contribution < 1.29 is 0 Å². The Morgan fingerprint density at radius 1 is 1.06 bits per heavy atom. The Labute approximate surface area is 105 Å². The molecule has 0 aliphatic rings. The monoisotopic (exact) mass is 245 g/mol. The Bertz CT molecular complexity index is 523. The third-order valence-corrected chi connectivity index (χ3v) is 2.34. The summed E-state index contributed by atoms with van der Waals surface area (Å²) in [6.45, 7) is 0. The largest absolute Gasteiger partial charge is 0.369 e. The summed E-state index contributed by atoms with van der Waals surface area (Å²) >= 11 is 5.87. The van der Waals surface area contributed by atoms with Crippen molar-refractivity contribution in [2.24, 2.45) is 10.7 Å². The second-order valence-corrected chi connectivity index (χ2v) is 3.90. The molecule has 0 saturated carbocycles. The third-order valence-electron chi connectivity index (χ3n) is 2.10. The number of nitrogens with zero attached hydrogens (tertiary/aromatic N) is 1. The van der Waals surface area contributed by atoms with Crippen LogP contribution in [0.15, 0.2) is 59.6 Å². The lowest BCUT2D eigenvalue weighted by atomic mass is 10.3. The van der Waals surface area contributed by atoms with E-state index >= 15 is 0 Å². The molecule has 0 bridgehead atoms. The number of halogens is 1. The molecule has 3 N–H and O–H groups in total. The number of rotatable bonds is 2. The first kappa shape index (κ1) is 11.5. The van der Waals surface area contributed by atoms with E-state index in [0.29, 0.717) is 11.0 Å². The minimum absolute atomic E-state index is 0.332. The van der Waals surface area contributed by atoms with E-state index in [1.54, 1.807) is 12.1 Å². The first-order valence-electron chi connectivity index (χ1n) is 5.16. The number of nitrogens with one attached hydrogen (secondary N) is 1. The predicted octanol–water partition coefficient (Wildman–Crippen LogP) is 3.40. The van der Waals surface area contributed by atoms with Crippen molar-refractivity contribution in [1.82, 2.24) is 0 Å². The third kappa shape index (κ3) is 3.50. The fourth-order valence-corrected chi connectivity index (χ4v) is 1.57. The number of para-hydroxylation sites is 1. The summed E-state index contributed by atoms with van der Waals surface area (Å²) in [6, 6.07) is 16.8. The van der Waals surface area contributed by atoms with Crippen molar-refractivity contribution in [2.45, 2.75) is 0 Å². The van der Waals surface area contributed by atoms with Crippen LogP contribution in [0.2, 0.25) is 5.02 Å². The lowest BCUT2D eigenvalue weighted by Crippen LogP contribution is -2.21. The summed E-state index contributed by atoms with van der Waals surface area (Å²) in [6.07, 6.45) is 0. The van der Waals surface area contributed by atoms with Gasteiger partial charge in [-0.15, -0.1) is 0 Å². The van der Waals surface area contributed by atoms with Crippen LogP contribution < -0.4 is 11.1 Å². The quantitative estimate of drug-likeness (QED) is 0.629. The standard InChI is InChI=1S/C13H12ClN3/c14-10-5-4-8-12(9-10)17-13(15)16-11-6-2-1-3-7-11/h1-9H,(H3,15,16,17). The van der Waals surface area contributed by atoms with Gasteiger partial charge < -0.3 is 11.1 Å².